The monoisotopic (exact) mass is 259 g/mol. The van der Waals surface area contributed by atoms with E-state index in [1.54, 1.807) is 0 Å². The molecule has 1 amide bonds. The van der Waals surface area contributed by atoms with Crippen molar-refractivity contribution in [1.82, 2.24) is 5.32 Å². The van der Waals surface area contributed by atoms with Crippen LogP contribution in [0.5, 0.6) is 0 Å². The van der Waals surface area contributed by atoms with Crippen LogP contribution in [0, 0.1) is 0 Å². The second kappa shape index (κ2) is 8.35. The molecule has 4 nitrogen and oxygen atoms in total. The van der Waals surface area contributed by atoms with Crippen LogP contribution < -0.4 is 5.32 Å². The van der Waals surface area contributed by atoms with Gasteiger partial charge in [0.1, 0.15) is 5.60 Å². The highest BCUT2D eigenvalue weighted by Gasteiger charge is 2.20. The zero-order valence-electron chi connectivity index (χ0n) is 12.5. The van der Waals surface area contributed by atoms with Crippen molar-refractivity contribution in [2.24, 2.45) is 0 Å². The van der Waals surface area contributed by atoms with Gasteiger partial charge < -0.3 is 15.2 Å². The molecule has 0 aliphatic heterocycles. The minimum atomic E-state index is -0.483. The molecule has 0 bridgehead atoms. The molecule has 0 aromatic carbocycles. The van der Waals surface area contributed by atoms with Crippen LogP contribution in [0.25, 0.3) is 0 Å². The number of unbranched alkanes of at least 4 members (excludes halogenated alkanes) is 1. The number of hydrogen-bond donors (Lipinski definition) is 2. The van der Waals surface area contributed by atoms with Crippen molar-refractivity contribution in [3.8, 4) is 0 Å². The molecule has 0 heterocycles. The van der Waals surface area contributed by atoms with Gasteiger partial charge in [-0.3, -0.25) is 0 Å². The molecule has 0 rings (SSSR count). The first-order valence-corrected chi connectivity index (χ1v) is 6.96. The predicted molar refractivity (Wildman–Crippen MR) is 73.6 cm³/mol. The maximum atomic E-state index is 11.6. The smallest absolute Gasteiger partial charge is 0.407 e. The molecule has 0 radical (unpaired) electrons. The van der Waals surface area contributed by atoms with E-state index in [1.165, 1.54) is 0 Å². The Kier molecular flexibility index (Phi) is 8.00. The summed E-state index contributed by atoms with van der Waals surface area (Å²) in [5.74, 6) is 0. The van der Waals surface area contributed by atoms with E-state index >= 15 is 0 Å². The Morgan fingerprint density at radius 3 is 2.39 bits per heavy atom. The van der Waals surface area contributed by atoms with Crippen LogP contribution >= 0.6 is 0 Å². The fourth-order valence-corrected chi connectivity index (χ4v) is 1.69. The molecule has 108 valence electrons. The largest absolute Gasteiger partial charge is 0.444 e. The molecule has 0 saturated carbocycles. The van der Waals surface area contributed by atoms with Crippen molar-refractivity contribution in [1.29, 1.82) is 0 Å². The number of aliphatic hydroxyl groups excluding tert-OH is 1. The van der Waals surface area contributed by atoms with Crippen LogP contribution in [-0.2, 0) is 4.74 Å². The third-order valence-electron chi connectivity index (χ3n) is 2.66. The molecule has 18 heavy (non-hydrogen) atoms. The van der Waals surface area contributed by atoms with Crippen molar-refractivity contribution in [2.45, 2.75) is 84.5 Å². The highest BCUT2D eigenvalue weighted by Crippen LogP contribution is 2.11. The van der Waals surface area contributed by atoms with E-state index in [0.717, 1.165) is 25.7 Å². The maximum absolute atomic E-state index is 11.6. The van der Waals surface area contributed by atoms with Crippen LogP contribution in [0.15, 0.2) is 0 Å². The van der Waals surface area contributed by atoms with Gasteiger partial charge in [-0.1, -0.05) is 26.7 Å². The predicted octanol–water partition coefficient (Wildman–Crippen LogP) is 3.23. The van der Waals surface area contributed by atoms with E-state index in [4.69, 9.17) is 4.74 Å². The topological polar surface area (TPSA) is 58.6 Å². The van der Waals surface area contributed by atoms with E-state index in [2.05, 4.69) is 12.2 Å². The Bertz CT molecular complexity index is 236. The summed E-state index contributed by atoms with van der Waals surface area (Å²) in [6.07, 6.45) is 3.53. The Morgan fingerprint density at radius 1 is 1.33 bits per heavy atom. The lowest BCUT2D eigenvalue weighted by Gasteiger charge is -2.24. The highest BCUT2D eigenvalue weighted by molar-refractivity contribution is 5.68. The van der Waals surface area contributed by atoms with Crippen LogP contribution in [0.3, 0.4) is 0 Å². The van der Waals surface area contributed by atoms with Crippen molar-refractivity contribution in [3.05, 3.63) is 0 Å². The minimum absolute atomic E-state index is 0.0216. The summed E-state index contributed by atoms with van der Waals surface area (Å²) in [5.41, 5.74) is -0.483. The summed E-state index contributed by atoms with van der Waals surface area (Å²) in [7, 11) is 0. The number of nitrogens with one attached hydrogen (secondary N) is 1. The van der Waals surface area contributed by atoms with E-state index in [0.29, 0.717) is 6.42 Å². The SMILES string of the molecule is CCCC[C@H](O)C[C@@H](CC)NC(=O)OC(C)(C)C. The number of alkyl carbamates (subject to hydrolysis) is 1. The third-order valence-corrected chi connectivity index (χ3v) is 2.66. The second-order valence-electron chi connectivity index (χ2n) is 5.78. The number of aliphatic hydroxyl groups is 1. The Balaban J connectivity index is 4.06. The molecular formula is C14H29NO3. The van der Waals surface area contributed by atoms with Gasteiger partial charge in [0.15, 0.2) is 0 Å². The van der Waals surface area contributed by atoms with Crippen LogP contribution in [0.1, 0.15) is 66.7 Å². The quantitative estimate of drug-likeness (QED) is 0.738. The highest BCUT2D eigenvalue weighted by atomic mass is 16.6. The summed E-state index contributed by atoms with van der Waals surface area (Å²) in [6.45, 7) is 9.61. The molecule has 0 aliphatic carbocycles. The van der Waals surface area contributed by atoms with Crippen LogP contribution in [0.4, 0.5) is 4.79 Å². The van der Waals surface area contributed by atoms with Crippen molar-refractivity contribution in [3.63, 3.8) is 0 Å². The average Bonchev–Trinajstić information content (AvgIpc) is 2.22. The van der Waals surface area contributed by atoms with Crippen molar-refractivity contribution >= 4 is 6.09 Å². The van der Waals surface area contributed by atoms with Crippen LogP contribution in [-0.4, -0.2) is 28.9 Å². The molecule has 0 aliphatic rings. The number of rotatable bonds is 7. The first-order chi connectivity index (χ1) is 8.28. The van der Waals surface area contributed by atoms with Gasteiger partial charge in [0, 0.05) is 6.04 Å². The van der Waals surface area contributed by atoms with Gasteiger partial charge in [-0.25, -0.2) is 4.79 Å². The summed E-state index contributed by atoms with van der Waals surface area (Å²) in [6, 6.07) is -0.0216. The zero-order valence-corrected chi connectivity index (χ0v) is 12.5. The first-order valence-electron chi connectivity index (χ1n) is 6.96. The second-order valence-corrected chi connectivity index (χ2v) is 5.78. The summed E-state index contributed by atoms with van der Waals surface area (Å²) >= 11 is 0. The van der Waals surface area contributed by atoms with Gasteiger partial charge in [-0.2, -0.15) is 0 Å². The first kappa shape index (κ1) is 17.2. The van der Waals surface area contributed by atoms with Gasteiger partial charge in [0.25, 0.3) is 0 Å². The lowest BCUT2D eigenvalue weighted by Crippen LogP contribution is -2.40. The molecule has 0 saturated heterocycles. The number of carbonyl (C=O) groups excluding carboxylic acids is 1. The van der Waals surface area contributed by atoms with Gasteiger partial charge in [0.2, 0.25) is 0 Å². The molecule has 0 unspecified atom stereocenters. The lowest BCUT2D eigenvalue weighted by molar-refractivity contribution is 0.0479. The third kappa shape index (κ3) is 9.28. The van der Waals surface area contributed by atoms with Gasteiger partial charge in [-0.15, -0.1) is 0 Å². The van der Waals surface area contributed by atoms with Gasteiger partial charge in [0.05, 0.1) is 6.10 Å². The number of ether oxygens (including phenoxy) is 1. The molecule has 0 aromatic heterocycles. The van der Waals surface area contributed by atoms with Crippen molar-refractivity contribution in [2.75, 3.05) is 0 Å². The standard InChI is InChI=1S/C14H29NO3/c1-6-8-9-12(16)10-11(7-2)15-13(17)18-14(3,4)5/h11-12,16H,6-10H2,1-5H3,(H,15,17)/t11-,12+/m1/s1. The number of carbonyl (C=O) groups is 1. The average molecular weight is 259 g/mol. The molecule has 2 N–H and O–H groups in total. The van der Waals surface area contributed by atoms with E-state index in [-0.39, 0.29) is 12.1 Å². The minimum Gasteiger partial charge on any atom is -0.444 e. The van der Waals surface area contributed by atoms with Gasteiger partial charge >= 0.3 is 6.09 Å². The molecule has 4 heteroatoms. The summed E-state index contributed by atoms with van der Waals surface area (Å²) < 4.78 is 5.20. The molecule has 0 aromatic rings. The fraction of sp³-hybridized carbons (Fsp3) is 0.929. The maximum Gasteiger partial charge on any atom is 0.407 e. The number of hydrogen-bond acceptors (Lipinski definition) is 3. The Hall–Kier alpha value is -0.770. The Labute approximate surface area is 111 Å². The Morgan fingerprint density at radius 2 is 1.94 bits per heavy atom. The van der Waals surface area contributed by atoms with Crippen LogP contribution in [0.2, 0.25) is 0 Å². The number of amides is 1. The molecular weight excluding hydrogens is 230 g/mol. The van der Waals surface area contributed by atoms with E-state index in [9.17, 15) is 9.90 Å². The molecule has 2 atom stereocenters. The lowest BCUT2D eigenvalue weighted by atomic mass is 10.0. The van der Waals surface area contributed by atoms with E-state index in [1.807, 2.05) is 27.7 Å². The fourth-order valence-electron chi connectivity index (χ4n) is 1.69. The normalized spacial score (nSPS) is 15.0. The summed E-state index contributed by atoms with van der Waals surface area (Å²) in [4.78, 5) is 11.6. The van der Waals surface area contributed by atoms with E-state index < -0.39 is 11.7 Å². The van der Waals surface area contributed by atoms with Crippen molar-refractivity contribution < 1.29 is 14.6 Å². The summed E-state index contributed by atoms with van der Waals surface area (Å²) in [5, 5.41) is 12.6. The molecule has 0 spiro atoms. The van der Waals surface area contributed by atoms with Gasteiger partial charge in [-0.05, 0) is 40.0 Å². The zero-order chi connectivity index (χ0) is 14.2. The molecule has 0 fully saturated rings.